The molecule has 146 valence electrons. The second-order valence-corrected chi connectivity index (χ2v) is 6.90. The minimum Gasteiger partial charge on any atom is -0.322 e. The highest BCUT2D eigenvalue weighted by atomic mass is 19.1. The van der Waals surface area contributed by atoms with Gasteiger partial charge in [0.1, 0.15) is 17.9 Å². The highest BCUT2D eigenvalue weighted by molar-refractivity contribution is 6.07. The van der Waals surface area contributed by atoms with Crippen LogP contribution in [0.5, 0.6) is 0 Å². The maximum absolute atomic E-state index is 13.3. The van der Waals surface area contributed by atoms with E-state index in [0.717, 1.165) is 29.1 Å². The molecule has 10 nitrogen and oxygen atoms in total. The Hall–Kier alpha value is -3.37. The number of carbonyl (C=O) groups excluding carboxylic acids is 3. The molecule has 1 aliphatic heterocycles. The summed E-state index contributed by atoms with van der Waals surface area (Å²) in [6.45, 7) is -0.355. The van der Waals surface area contributed by atoms with Gasteiger partial charge in [0, 0.05) is 5.56 Å². The predicted octanol–water partition coefficient (Wildman–Crippen LogP) is 0.765. The summed E-state index contributed by atoms with van der Waals surface area (Å²) in [7, 11) is 0. The monoisotopic (exact) mass is 387 g/mol. The van der Waals surface area contributed by atoms with E-state index >= 15 is 0 Å². The van der Waals surface area contributed by atoms with Crippen molar-refractivity contribution in [3.05, 3.63) is 30.1 Å². The average molecular weight is 387 g/mol. The van der Waals surface area contributed by atoms with Gasteiger partial charge in [0.2, 0.25) is 5.82 Å². The number of carbonyl (C=O) groups is 3. The number of halogens is 1. The van der Waals surface area contributed by atoms with Crippen molar-refractivity contribution in [2.24, 2.45) is 0 Å². The first-order chi connectivity index (χ1) is 13.5. The Labute approximate surface area is 159 Å². The maximum Gasteiger partial charge on any atom is 0.344 e. The molecule has 28 heavy (non-hydrogen) atoms. The summed E-state index contributed by atoms with van der Waals surface area (Å²) >= 11 is 0. The van der Waals surface area contributed by atoms with Gasteiger partial charge < -0.3 is 5.32 Å². The molecule has 1 aromatic carbocycles. The largest absolute Gasteiger partial charge is 0.344 e. The minimum absolute atomic E-state index is 0.156. The van der Waals surface area contributed by atoms with E-state index in [0.29, 0.717) is 18.4 Å². The zero-order valence-corrected chi connectivity index (χ0v) is 14.9. The fourth-order valence-electron chi connectivity index (χ4n) is 3.56. The fourth-order valence-corrected chi connectivity index (χ4v) is 3.56. The van der Waals surface area contributed by atoms with Gasteiger partial charge in [-0.15, -0.1) is 10.2 Å². The summed E-state index contributed by atoms with van der Waals surface area (Å²) in [6.07, 6.45) is 3.83. The zero-order chi connectivity index (χ0) is 19.7. The van der Waals surface area contributed by atoms with E-state index in [2.05, 4.69) is 26.2 Å². The number of tetrazole rings is 1. The minimum atomic E-state index is -0.918. The standard InChI is InChI=1S/C17H18FN7O3/c18-12-6-4-5-11(9-12)14-20-23-24(22-14)10-13(26)21-25-15(27)17(19-16(25)28)7-2-1-3-8-17/h4-6,9H,1-3,7-8,10H2,(H,19,28)(H,21,26). The van der Waals surface area contributed by atoms with Crippen LogP contribution in [0.2, 0.25) is 0 Å². The molecule has 2 aliphatic rings. The van der Waals surface area contributed by atoms with Crippen molar-refractivity contribution in [1.82, 2.24) is 36.0 Å². The summed E-state index contributed by atoms with van der Waals surface area (Å²) in [4.78, 5) is 38.1. The number of imide groups is 1. The number of hydrogen-bond donors (Lipinski definition) is 2. The van der Waals surface area contributed by atoms with Crippen LogP contribution in [-0.4, -0.2) is 48.6 Å². The van der Waals surface area contributed by atoms with Gasteiger partial charge in [-0.05, 0) is 30.2 Å². The number of rotatable bonds is 4. The number of aromatic nitrogens is 4. The van der Waals surface area contributed by atoms with E-state index in [9.17, 15) is 18.8 Å². The third-order valence-corrected chi connectivity index (χ3v) is 4.93. The van der Waals surface area contributed by atoms with Gasteiger partial charge in [0.05, 0.1) is 0 Å². The number of urea groups is 1. The number of hydrogen-bond acceptors (Lipinski definition) is 6. The zero-order valence-electron chi connectivity index (χ0n) is 14.9. The van der Waals surface area contributed by atoms with Crippen molar-refractivity contribution in [3.63, 3.8) is 0 Å². The molecule has 2 fully saturated rings. The molecule has 2 aromatic rings. The molecule has 1 spiro atoms. The van der Waals surface area contributed by atoms with E-state index in [-0.39, 0.29) is 12.4 Å². The van der Waals surface area contributed by atoms with Crippen LogP contribution < -0.4 is 10.7 Å². The molecule has 0 bridgehead atoms. The second kappa shape index (κ2) is 6.98. The van der Waals surface area contributed by atoms with Crippen molar-refractivity contribution >= 4 is 17.8 Å². The van der Waals surface area contributed by atoms with Gasteiger partial charge in [0.15, 0.2) is 0 Å². The van der Waals surface area contributed by atoms with Gasteiger partial charge in [-0.1, -0.05) is 31.4 Å². The van der Waals surface area contributed by atoms with E-state index < -0.39 is 29.2 Å². The lowest BCUT2D eigenvalue weighted by molar-refractivity contribution is -0.140. The molecule has 4 rings (SSSR count). The molecule has 2 heterocycles. The lowest BCUT2D eigenvalue weighted by atomic mass is 9.82. The van der Waals surface area contributed by atoms with Crippen LogP contribution in [0.15, 0.2) is 24.3 Å². The number of benzene rings is 1. The smallest absolute Gasteiger partial charge is 0.322 e. The molecule has 1 saturated heterocycles. The van der Waals surface area contributed by atoms with E-state index in [1.165, 1.54) is 18.2 Å². The lowest BCUT2D eigenvalue weighted by Gasteiger charge is -2.30. The van der Waals surface area contributed by atoms with Crippen molar-refractivity contribution in [1.29, 1.82) is 0 Å². The normalized spacial score (nSPS) is 18.4. The first-order valence-corrected chi connectivity index (χ1v) is 8.97. The van der Waals surface area contributed by atoms with Crippen LogP contribution in [0.3, 0.4) is 0 Å². The number of amides is 4. The SMILES string of the molecule is O=C(Cn1nnc(-c2cccc(F)c2)n1)NN1C(=O)NC2(CCCCC2)C1=O. The van der Waals surface area contributed by atoms with Crippen LogP contribution in [0.4, 0.5) is 9.18 Å². The van der Waals surface area contributed by atoms with E-state index in [4.69, 9.17) is 0 Å². The van der Waals surface area contributed by atoms with Gasteiger partial charge in [0.25, 0.3) is 11.8 Å². The molecular formula is C17H18FN7O3. The number of hydrazine groups is 1. The third-order valence-electron chi connectivity index (χ3n) is 4.93. The first-order valence-electron chi connectivity index (χ1n) is 8.97. The summed E-state index contributed by atoms with van der Waals surface area (Å²) in [5, 5.41) is 15.0. The maximum atomic E-state index is 13.3. The topological polar surface area (TPSA) is 122 Å². The Balaban J connectivity index is 1.41. The van der Waals surface area contributed by atoms with Gasteiger partial charge in [-0.2, -0.15) is 9.81 Å². The van der Waals surface area contributed by atoms with Crippen molar-refractivity contribution in [3.8, 4) is 11.4 Å². The summed E-state index contributed by atoms with van der Waals surface area (Å²) in [5.41, 5.74) is 1.80. The van der Waals surface area contributed by atoms with Crippen LogP contribution >= 0.6 is 0 Å². The van der Waals surface area contributed by atoms with Crippen molar-refractivity contribution < 1.29 is 18.8 Å². The Morgan fingerprint density at radius 3 is 2.79 bits per heavy atom. The van der Waals surface area contributed by atoms with Crippen LogP contribution in [0.25, 0.3) is 11.4 Å². The third kappa shape index (κ3) is 3.30. The Bertz CT molecular complexity index is 938. The molecule has 4 amide bonds. The number of nitrogens with zero attached hydrogens (tertiary/aromatic N) is 5. The molecule has 2 N–H and O–H groups in total. The van der Waals surface area contributed by atoms with Crippen molar-refractivity contribution in [2.75, 3.05) is 0 Å². The van der Waals surface area contributed by atoms with E-state index in [1.807, 2.05) is 0 Å². The van der Waals surface area contributed by atoms with Crippen LogP contribution in [-0.2, 0) is 16.1 Å². The Morgan fingerprint density at radius 2 is 2.04 bits per heavy atom. The Morgan fingerprint density at radius 1 is 1.25 bits per heavy atom. The van der Waals surface area contributed by atoms with Gasteiger partial charge in [-0.3, -0.25) is 15.0 Å². The molecule has 0 unspecified atom stereocenters. The summed E-state index contributed by atoms with van der Waals surface area (Å²) < 4.78 is 13.3. The van der Waals surface area contributed by atoms with Crippen LogP contribution in [0, 0.1) is 5.82 Å². The first kappa shape index (κ1) is 18.0. The lowest BCUT2D eigenvalue weighted by Crippen LogP contribution is -2.51. The van der Waals surface area contributed by atoms with Gasteiger partial charge >= 0.3 is 6.03 Å². The molecule has 1 aromatic heterocycles. The molecule has 11 heteroatoms. The number of nitrogens with one attached hydrogen (secondary N) is 2. The van der Waals surface area contributed by atoms with Gasteiger partial charge in [-0.25, -0.2) is 9.18 Å². The Kier molecular flexibility index (Phi) is 4.49. The fraction of sp³-hybridized carbons (Fsp3) is 0.412. The highest BCUT2D eigenvalue weighted by Crippen LogP contribution is 2.32. The quantitative estimate of drug-likeness (QED) is 0.747. The average Bonchev–Trinajstić information content (AvgIpc) is 3.22. The van der Waals surface area contributed by atoms with Crippen LogP contribution in [0.1, 0.15) is 32.1 Å². The van der Waals surface area contributed by atoms with E-state index in [1.54, 1.807) is 6.07 Å². The molecule has 0 atom stereocenters. The molecular weight excluding hydrogens is 369 g/mol. The predicted molar refractivity (Wildman–Crippen MR) is 92.5 cm³/mol. The second-order valence-electron chi connectivity index (χ2n) is 6.90. The summed E-state index contributed by atoms with van der Waals surface area (Å²) in [5.74, 6) is -1.39. The van der Waals surface area contributed by atoms with Crippen molar-refractivity contribution in [2.45, 2.75) is 44.2 Å². The molecule has 1 saturated carbocycles. The molecule has 1 aliphatic carbocycles. The highest BCUT2D eigenvalue weighted by Gasteiger charge is 2.52. The summed E-state index contributed by atoms with van der Waals surface area (Å²) in [6, 6.07) is 5.02. The molecule has 0 radical (unpaired) electrons.